The van der Waals surface area contributed by atoms with Crippen molar-refractivity contribution in [3.8, 4) is 0 Å². The molecule has 0 N–H and O–H groups in total. The molecule has 0 radical (unpaired) electrons. The van der Waals surface area contributed by atoms with E-state index in [-0.39, 0.29) is 23.6 Å². The summed E-state index contributed by atoms with van der Waals surface area (Å²) < 4.78 is 14.6. The third-order valence-electron chi connectivity index (χ3n) is 3.27. The predicted molar refractivity (Wildman–Crippen MR) is 81.4 cm³/mol. The lowest BCUT2D eigenvalue weighted by molar-refractivity contribution is -0.117. The molecule has 2 rings (SSSR count). The Morgan fingerprint density at radius 2 is 2.05 bits per heavy atom. The molecule has 0 spiro atoms. The molecule has 0 bridgehead atoms. The van der Waals surface area contributed by atoms with Crippen molar-refractivity contribution >= 4 is 29.0 Å². The molecule has 3 nitrogen and oxygen atoms in total. The zero-order chi connectivity index (χ0) is 15.6. The first-order valence-electron chi connectivity index (χ1n) is 6.58. The van der Waals surface area contributed by atoms with Gasteiger partial charge < -0.3 is 0 Å². The number of aromatic nitrogens is 2. The summed E-state index contributed by atoms with van der Waals surface area (Å²) >= 11 is 12.1. The summed E-state index contributed by atoms with van der Waals surface area (Å²) in [5, 5.41) is 5.07. The molecular weight excluding hydrogens is 314 g/mol. The zero-order valence-electron chi connectivity index (χ0n) is 11.8. The van der Waals surface area contributed by atoms with Gasteiger partial charge in [-0.25, -0.2) is 4.39 Å². The van der Waals surface area contributed by atoms with E-state index in [4.69, 9.17) is 23.2 Å². The minimum Gasteiger partial charge on any atom is -0.299 e. The van der Waals surface area contributed by atoms with Gasteiger partial charge >= 0.3 is 0 Å². The minimum absolute atomic E-state index is 0.0453. The Balaban J connectivity index is 2.13. The molecule has 0 saturated heterocycles. The van der Waals surface area contributed by atoms with Crippen molar-refractivity contribution in [1.82, 2.24) is 9.78 Å². The second kappa shape index (κ2) is 6.58. The number of hydrogen-bond donors (Lipinski definition) is 0. The van der Waals surface area contributed by atoms with Crippen molar-refractivity contribution < 1.29 is 9.18 Å². The van der Waals surface area contributed by atoms with E-state index < -0.39 is 5.82 Å². The van der Waals surface area contributed by atoms with Crippen molar-refractivity contribution in [2.45, 2.75) is 26.2 Å². The van der Waals surface area contributed by atoms with Gasteiger partial charge in [-0.1, -0.05) is 36.2 Å². The Kier molecular flexibility index (Phi) is 5.01. The van der Waals surface area contributed by atoms with Gasteiger partial charge in [0.25, 0.3) is 0 Å². The van der Waals surface area contributed by atoms with Crippen LogP contribution < -0.4 is 0 Å². The van der Waals surface area contributed by atoms with Crippen LogP contribution >= 0.6 is 23.2 Å². The number of benzene rings is 1. The fourth-order valence-corrected chi connectivity index (χ4v) is 2.73. The molecule has 0 unspecified atom stereocenters. The Hall–Kier alpha value is -1.39. The van der Waals surface area contributed by atoms with Crippen LogP contribution in [0.5, 0.6) is 0 Å². The maximum atomic E-state index is 13.0. The second-order valence-electron chi connectivity index (χ2n) is 4.81. The minimum atomic E-state index is -0.418. The summed E-state index contributed by atoms with van der Waals surface area (Å²) in [6.45, 7) is 1.96. The molecule has 0 aliphatic carbocycles. The number of aryl methyl sites for hydroxylation is 2. The Morgan fingerprint density at radius 1 is 1.33 bits per heavy atom. The lowest BCUT2D eigenvalue weighted by Crippen LogP contribution is -2.10. The zero-order valence-corrected chi connectivity index (χ0v) is 13.3. The van der Waals surface area contributed by atoms with Gasteiger partial charge in [0, 0.05) is 18.5 Å². The summed E-state index contributed by atoms with van der Waals surface area (Å²) in [6, 6.07) is 4.02. The van der Waals surface area contributed by atoms with Gasteiger partial charge in [-0.3, -0.25) is 9.48 Å². The predicted octanol–water partition coefficient (Wildman–Crippen LogP) is 3.78. The molecule has 21 heavy (non-hydrogen) atoms. The lowest BCUT2D eigenvalue weighted by atomic mass is 10.1. The van der Waals surface area contributed by atoms with Gasteiger partial charge in [0.05, 0.1) is 22.8 Å². The van der Waals surface area contributed by atoms with Crippen LogP contribution in [-0.2, 0) is 31.1 Å². The standard InChI is InChI=1S/C15H15Cl2FN2O/c1-3-13-15(17)14(20(2)19-13)8-11(21)6-9-4-5-10(18)7-12(9)16/h4-5,7H,3,6,8H2,1-2H3. The molecule has 112 valence electrons. The van der Waals surface area contributed by atoms with Crippen LogP contribution in [0.2, 0.25) is 10.0 Å². The first-order chi connectivity index (χ1) is 9.92. The number of ketones is 1. The number of hydrogen-bond acceptors (Lipinski definition) is 2. The summed E-state index contributed by atoms with van der Waals surface area (Å²) in [4.78, 5) is 12.2. The average molecular weight is 329 g/mol. The van der Waals surface area contributed by atoms with Crippen molar-refractivity contribution in [2.75, 3.05) is 0 Å². The van der Waals surface area contributed by atoms with Crippen LogP contribution in [0.4, 0.5) is 4.39 Å². The van der Waals surface area contributed by atoms with Crippen LogP contribution in [0.15, 0.2) is 18.2 Å². The van der Waals surface area contributed by atoms with Crippen molar-refractivity contribution in [3.63, 3.8) is 0 Å². The maximum absolute atomic E-state index is 13.0. The molecule has 0 aliphatic heterocycles. The number of rotatable bonds is 5. The largest absolute Gasteiger partial charge is 0.299 e. The number of carbonyl (C=O) groups excluding carboxylic acids is 1. The molecule has 6 heteroatoms. The average Bonchev–Trinajstić information content (AvgIpc) is 2.69. The van der Waals surface area contributed by atoms with Crippen LogP contribution in [0.1, 0.15) is 23.9 Å². The third-order valence-corrected chi connectivity index (χ3v) is 4.06. The van der Waals surface area contributed by atoms with E-state index >= 15 is 0 Å². The van der Waals surface area contributed by atoms with Crippen LogP contribution in [0.25, 0.3) is 0 Å². The SMILES string of the molecule is CCc1nn(C)c(CC(=O)Cc2ccc(F)cc2Cl)c1Cl. The van der Waals surface area contributed by atoms with E-state index in [2.05, 4.69) is 5.10 Å². The van der Waals surface area contributed by atoms with Crippen molar-refractivity contribution in [1.29, 1.82) is 0 Å². The second-order valence-corrected chi connectivity index (χ2v) is 5.60. The van der Waals surface area contributed by atoms with Gasteiger partial charge in [0.2, 0.25) is 0 Å². The van der Waals surface area contributed by atoms with E-state index in [1.807, 2.05) is 6.92 Å². The maximum Gasteiger partial charge on any atom is 0.143 e. The molecule has 1 aromatic heterocycles. The highest BCUT2D eigenvalue weighted by Crippen LogP contribution is 2.23. The molecule has 0 atom stereocenters. The number of carbonyl (C=O) groups is 1. The Labute approximate surface area is 132 Å². The van der Waals surface area contributed by atoms with Crippen LogP contribution in [0, 0.1) is 5.82 Å². The van der Waals surface area contributed by atoms with E-state index in [0.717, 1.165) is 5.69 Å². The molecule has 1 aromatic carbocycles. The van der Waals surface area contributed by atoms with Gasteiger partial charge in [0.15, 0.2) is 0 Å². The van der Waals surface area contributed by atoms with Gasteiger partial charge in [0.1, 0.15) is 11.6 Å². The smallest absolute Gasteiger partial charge is 0.143 e. The molecular formula is C15H15Cl2FN2O. The Morgan fingerprint density at radius 3 is 2.62 bits per heavy atom. The highest BCUT2D eigenvalue weighted by molar-refractivity contribution is 6.32. The molecule has 2 aromatic rings. The fourth-order valence-electron chi connectivity index (χ4n) is 2.14. The Bertz CT molecular complexity index is 683. The molecule has 0 saturated carbocycles. The van der Waals surface area contributed by atoms with E-state index in [0.29, 0.717) is 22.7 Å². The number of nitrogens with zero attached hydrogens (tertiary/aromatic N) is 2. The van der Waals surface area contributed by atoms with E-state index in [1.165, 1.54) is 18.2 Å². The monoisotopic (exact) mass is 328 g/mol. The van der Waals surface area contributed by atoms with Gasteiger partial charge in [-0.05, 0) is 24.1 Å². The number of halogens is 3. The molecule has 0 aliphatic rings. The van der Waals surface area contributed by atoms with Crippen LogP contribution in [-0.4, -0.2) is 15.6 Å². The fraction of sp³-hybridized carbons (Fsp3) is 0.333. The first-order valence-corrected chi connectivity index (χ1v) is 7.33. The topological polar surface area (TPSA) is 34.9 Å². The van der Waals surface area contributed by atoms with E-state index in [1.54, 1.807) is 11.7 Å². The highest BCUT2D eigenvalue weighted by Gasteiger charge is 2.17. The van der Waals surface area contributed by atoms with Gasteiger partial charge in [-0.15, -0.1) is 0 Å². The summed E-state index contributed by atoms with van der Waals surface area (Å²) in [6.07, 6.45) is 1.03. The van der Waals surface area contributed by atoms with Crippen molar-refractivity contribution in [3.05, 3.63) is 51.0 Å². The molecule has 1 heterocycles. The summed E-state index contributed by atoms with van der Waals surface area (Å²) in [5.41, 5.74) is 2.08. The highest BCUT2D eigenvalue weighted by atomic mass is 35.5. The van der Waals surface area contributed by atoms with Gasteiger partial charge in [-0.2, -0.15) is 5.10 Å². The molecule has 0 fully saturated rings. The first kappa shape index (κ1) is 16.0. The normalized spacial score (nSPS) is 10.9. The third kappa shape index (κ3) is 3.63. The van der Waals surface area contributed by atoms with Crippen molar-refractivity contribution in [2.24, 2.45) is 7.05 Å². The number of Topliss-reactive ketones (excluding diaryl/α,β-unsaturated/α-hetero) is 1. The lowest BCUT2D eigenvalue weighted by Gasteiger charge is -2.05. The summed E-state index contributed by atoms with van der Waals surface area (Å²) in [7, 11) is 1.76. The van der Waals surface area contributed by atoms with E-state index in [9.17, 15) is 9.18 Å². The summed E-state index contributed by atoms with van der Waals surface area (Å²) in [5.74, 6) is -0.463. The van der Waals surface area contributed by atoms with Crippen LogP contribution in [0.3, 0.4) is 0 Å². The molecule has 0 amide bonds. The quantitative estimate of drug-likeness (QED) is 0.837.